The Morgan fingerprint density at radius 2 is 2.00 bits per heavy atom. The van der Waals surface area contributed by atoms with Crippen LogP contribution in [0.4, 0.5) is 0 Å². The highest BCUT2D eigenvalue weighted by atomic mass is 32.1. The van der Waals surface area contributed by atoms with E-state index < -0.39 is 0 Å². The number of aryl methyl sites for hydroxylation is 2. The van der Waals surface area contributed by atoms with Crippen LogP contribution in [0.2, 0.25) is 0 Å². The first-order valence-electron chi connectivity index (χ1n) is 6.87. The normalized spacial score (nSPS) is 12.2. The van der Waals surface area contributed by atoms with Crippen molar-refractivity contribution in [3.63, 3.8) is 0 Å². The van der Waals surface area contributed by atoms with Gasteiger partial charge in [-0.3, -0.25) is 4.79 Å². The Balaban J connectivity index is 2.02. The van der Waals surface area contributed by atoms with Crippen LogP contribution in [0.3, 0.4) is 0 Å². The van der Waals surface area contributed by atoms with E-state index in [0.29, 0.717) is 6.54 Å². The minimum atomic E-state index is -0.0782. The van der Waals surface area contributed by atoms with E-state index in [2.05, 4.69) is 10.3 Å². The summed E-state index contributed by atoms with van der Waals surface area (Å²) in [5.74, 6) is 0.00896. The summed E-state index contributed by atoms with van der Waals surface area (Å²) in [4.78, 5) is 17.9. The monoisotopic (exact) mass is 288 g/mol. The molecule has 1 aromatic carbocycles. The molecule has 2 rings (SSSR count). The molecule has 20 heavy (non-hydrogen) atoms. The van der Waals surface area contributed by atoms with Gasteiger partial charge >= 0.3 is 0 Å². The molecule has 1 atom stereocenters. The summed E-state index contributed by atoms with van der Waals surface area (Å²) in [5.41, 5.74) is 2.09. The zero-order chi connectivity index (χ0) is 14.5. The number of hydrogen-bond acceptors (Lipinski definition) is 3. The minimum Gasteiger partial charge on any atom is -0.351 e. The third-order valence-corrected chi connectivity index (χ3v) is 4.42. The van der Waals surface area contributed by atoms with Gasteiger partial charge in [0.05, 0.1) is 23.2 Å². The first-order valence-corrected chi connectivity index (χ1v) is 7.69. The summed E-state index contributed by atoms with van der Waals surface area (Å²) < 4.78 is 0. The van der Waals surface area contributed by atoms with Crippen LogP contribution in [0, 0.1) is 13.8 Å². The summed E-state index contributed by atoms with van der Waals surface area (Å²) in [7, 11) is 0. The maximum Gasteiger partial charge on any atom is 0.227 e. The number of hydrogen-bond donors (Lipinski definition) is 1. The fraction of sp³-hybridized carbons (Fsp3) is 0.375. The molecule has 2 aromatic rings. The van der Waals surface area contributed by atoms with Crippen molar-refractivity contribution in [3.8, 4) is 0 Å². The lowest BCUT2D eigenvalue weighted by Gasteiger charge is -2.15. The molecule has 0 saturated carbocycles. The molecule has 4 heteroatoms. The summed E-state index contributed by atoms with van der Waals surface area (Å²) in [6.07, 6.45) is 0.802. The number of nitrogens with one attached hydrogen (secondary N) is 1. The second kappa shape index (κ2) is 6.66. The molecule has 0 spiro atoms. The quantitative estimate of drug-likeness (QED) is 0.914. The third-order valence-electron chi connectivity index (χ3n) is 3.35. The summed E-state index contributed by atoms with van der Waals surface area (Å²) in [6.45, 7) is 6.58. The maximum absolute atomic E-state index is 12.3. The van der Waals surface area contributed by atoms with E-state index in [1.807, 2.05) is 51.1 Å². The molecule has 1 unspecified atom stereocenters. The Kier molecular flexibility index (Phi) is 4.90. The molecule has 1 N–H and O–H groups in total. The first-order chi connectivity index (χ1) is 9.61. The average molecular weight is 288 g/mol. The molecule has 0 aliphatic carbocycles. The highest BCUT2D eigenvalue weighted by molar-refractivity contribution is 7.11. The lowest BCUT2D eigenvalue weighted by atomic mass is 9.96. The molecular formula is C16H20N2OS. The van der Waals surface area contributed by atoms with Crippen molar-refractivity contribution in [2.24, 2.45) is 0 Å². The highest BCUT2D eigenvalue weighted by Gasteiger charge is 2.18. The van der Waals surface area contributed by atoms with Crippen molar-refractivity contribution in [2.75, 3.05) is 0 Å². The van der Waals surface area contributed by atoms with Gasteiger partial charge in [-0.25, -0.2) is 4.98 Å². The van der Waals surface area contributed by atoms with E-state index in [4.69, 9.17) is 0 Å². The van der Waals surface area contributed by atoms with Gasteiger partial charge in [0, 0.05) is 4.88 Å². The zero-order valence-corrected chi connectivity index (χ0v) is 13.0. The van der Waals surface area contributed by atoms with E-state index in [-0.39, 0.29) is 11.8 Å². The Hall–Kier alpha value is -1.68. The van der Waals surface area contributed by atoms with E-state index in [0.717, 1.165) is 27.6 Å². The first kappa shape index (κ1) is 14.7. The lowest BCUT2D eigenvalue weighted by Crippen LogP contribution is -2.28. The topological polar surface area (TPSA) is 42.0 Å². The molecule has 0 aliphatic rings. The SMILES string of the molecule is CCC(C(=O)NCc1sc(C)nc1C)c1ccccc1. The van der Waals surface area contributed by atoms with Crippen LogP contribution in [0.5, 0.6) is 0 Å². The number of carbonyl (C=O) groups is 1. The van der Waals surface area contributed by atoms with Crippen LogP contribution < -0.4 is 5.32 Å². The molecular weight excluding hydrogens is 268 g/mol. The molecule has 1 heterocycles. The predicted molar refractivity (Wildman–Crippen MR) is 82.9 cm³/mol. The van der Waals surface area contributed by atoms with Gasteiger partial charge in [0.2, 0.25) is 5.91 Å². The standard InChI is InChI=1S/C16H20N2OS/c1-4-14(13-8-6-5-7-9-13)16(19)17-10-15-11(2)18-12(3)20-15/h5-9,14H,4,10H2,1-3H3,(H,17,19). The van der Waals surface area contributed by atoms with Gasteiger partial charge in [-0.15, -0.1) is 11.3 Å². The average Bonchev–Trinajstić information content (AvgIpc) is 2.77. The van der Waals surface area contributed by atoms with Crippen LogP contribution in [0.15, 0.2) is 30.3 Å². The van der Waals surface area contributed by atoms with Gasteiger partial charge in [0.1, 0.15) is 0 Å². The van der Waals surface area contributed by atoms with Crippen molar-refractivity contribution >= 4 is 17.2 Å². The zero-order valence-electron chi connectivity index (χ0n) is 12.1. The van der Waals surface area contributed by atoms with Crippen LogP contribution >= 0.6 is 11.3 Å². The molecule has 1 amide bonds. The van der Waals surface area contributed by atoms with Crippen molar-refractivity contribution in [2.45, 2.75) is 39.7 Å². The maximum atomic E-state index is 12.3. The van der Waals surface area contributed by atoms with E-state index in [9.17, 15) is 4.79 Å². The number of amides is 1. The van der Waals surface area contributed by atoms with E-state index in [1.54, 1.807) is 11.3 Å². The van der Waals surface area contributed by atoms with Gasteiger partial charge in [0.15, 0.2) is 0 Å². The molecule has 0 radical (unpaired) electrons. The Bertz CT molecular complexity index is 577. The van der Waals surface area contributed by atoms with Gasteiger partial charge in [0.25, 0.3) is 0 Å². The van der Waals surface area contributed by atoms with E-state index in [1.165, 1.54) is 0 Å². The van der Waals surface area contributed by atoms with Gasteiger partial charge in [-0.05, 0) is 25.8 Å². The number of benzene rings is 1. The summed E-state index contributed by atoms with van der Waals surface area (Å²) in [6, 6.07) is 9.94. The summed E-state index contributed by atoms with van der Waals surface area (Å²) in [5, 5.41) is 4.08. The fourth-order valence-electron chi connectivity index (χ4n) is 2.29. The van der Waals surface area contributed by atoms with Crippen LogP contribution in [-0.2, 0) is 11.3 Å². The van der Waals surface area contributed by atoms with Crippen molar-refractivity contribution in [1.82, 2.24) is 10.3 Å². The molecule has 3 nitrogen and oxygen atoms in total. The van der Waals surface area contributed by atoms with Crippen molar-refractivity contribution in [1.29, 1.82) is 0 Å². The van der Waals surface area contributed by atoms with Gasteiger partial charge < -0.3 is 5.32 Å². The Morgan fingerprint density at radius 1 is 1.30 bits per heavy atom. The highest BCUT2D eigenvalue weighted by Crippen LogP contribution is 2.21. The molecule has 0 saturated heterocycles. The molecule has 0 bridgehead atoms. The molecule has 0 fully saturated rings. The molecule has 1 aromatic heterocycles. The largest absolute Gasteiger partial charge is 0.351 e. The number of nitrogens with zero attached hydrogens (tertiary/aromatic N) is 1. The van der Waals surface area contributed by atoms with Crippen molar-refractivity contribution in [3.05, 3.63) is 51.5 Å². The summed E-state index contributed by atoms with van der Waals surface area (Å²) >= 11 is 1.65. The van der Waals surface area contributed by atoms with Gasteiger partial charge in [-0.1, -0.05) is 37.3 Å². The Morgan fingerprint density at radius 3 is 2.55 bits per heavy atom. The van der Waals surface area contributed by atoms with Crippen LogP contribution in [0.25, 0.3) is 0 Å². The second-order valence-corrected chi connectivity index (χ2v) is 6.12. The van der Waals surface area contributed by atoms with Crippen molar-refractivity contribution < 1.29 is 4.79 Å². The fourth-order valence-corrected chi connectivity index (χ4v) is 3.16. The number of carbonyl (C=O) groups excluding carboxylic acids is 1. The third kappa shape index (κ3) is 3.45. The Labute approximate surface area is 124 Å². The second-order valence-electron chi connectivity index (χ2n) is 4.83. The smallest absolute Gasteiger partial charge is 0.227 e. The van der Waals surface area contributed by atoms with E-state index >= 15 is 0 Å². The molecule has 0 aliphatic heterocycles. The van der Waals surface area contributed by atoms with Crippen LogP contribution in [-0.4, -0.2) is 10.9 Å². The van der Waals surface area contributed by atoms with Crippen LogP contribution in [0.1, 0.15) is 40.4 Å². The number of thiazole rings is 1. The number of aromatic nitrogens is 1. The molecule has 106 valence electrons. The lowest BCUT2D eigenvalue weighted by molar-refractivity contribution is -0.122. The predicted octanol–water partition coefficient (Wildman–Crippen LogP) is 3.57. The van der Waals surface area contributed by atoms with Gasteiger partial charge in [-0.2, -0.15) is 0 Å². The number of rotatable bonds is 5. The minimum absolute atomic E-state index is 0.0782.